The molecule has 0 aromatic rings. The zero-order valence-corrected chi connectivity index (χ0v) is 7.21. The molecule has 1 fully saturated rings. The van der Waals surface area contributed by atoms with Crippen molar-refractivity contribution in [2.24, 2.45) is 5.41 Å². The van der Waals surface area contributed by atoms with E-state index in [0.29, 0.717) is 6.42 Å². The number of hydrogen-bond acceptors (Lipinski definition) is 2. The summed E-state index contributed by atoms with van der Waals surface area (Å²) in [6.07, 6.45) is 4.86. The Morgan fingerprint density at radius 1 is 1.45 bits per heavy atom. The molecule has 11 heavy (non-hydrogen) atoms. The van der Waals surface area contributed by atoms with Crippen LogP contribution in [0.4, 0.5) is 0 Å². The van der Waals surface area contributed by atoms with Crippen molar-refractivity contribution in [3.63, 3.8) is 0 Å². The van der Waals surface area contributed by atoms with Crippen molar-refractivity contribution < 1.29 is 10.2 Å². The van der Waals surface area contributed by atoms with E-state index in [1.165, 1.54) is 6.42 Å². The van der Waals surface area contributed by atoms with Gasteiger partial charge in [0.25, 0.3) is 0 Å². The van der Waals surface area contributed by atoms with Crippen LogP contribution in [0, 0.1) is 5.41 Å². The summed E-state index contributed by atoms with van der Waals surface area (Å²) >= 11 is 0. The van der Waals surface area contributed by atoms with E-state index in [-0.39, 0.29) is 18.1 Å². The van der Waals surface area contributed by atoms with Crippen molar-refractivity contribution in [3.8, 4) is 0 Å². The molecule has 0 amide bonds. The second kappa shape index (κ2) is 3.55. The summed E-state index contributed by atoms with van der Waals surface area (Å²) in [5.74, 6) is 0. The van der Waals surface area contributed by atoms with Gasteiger partial charge in [0.1, 0.15) is 0 Å². The van der Waals surface area contributed by atoms with Gasteiger partial charge in [-0.05, 0) is 31.1 Å². The van der Waals surface area contributed by atoms with Crippen LogP contribution in [-0.4, -0.2) is 22.9 Å². The summed E-state index contributed by atoms with van der Waals surface area (Å²) in [6.45, 7) is 2.24. The van der Waals surface area contributed by atoms with Gasteiger partial charge in [-0.25, -0.2) is 0 Å². The first-order valence-electron chi connectivity index (χ1n) is 4.54. The molecule has 1 rings (SSSR count). The lowest BCUT2D eigenvalue weighted by atomic mass is 9.63. The van der Waals surface area contributed by atoms with Crippen molar-refractivity contribution >= 4 is 0 Å². The molecule has 1 atom stereocenters. The SMILES string of the molecule is CCC1(C(O)CCO)CCC1. The molecule has 0 saturated heterocycles. The molecule has 0 bridgehead atoms. The number of rotatable bonds is 4. The molecule has 66 valence electrons. The van der Waals surface area contributed by atoms with Crippen LogP contribution in [-0.2, 0) is 0 Å². The molecule has 0 aromatic heterocycles. The molecule has 1 aliphatic rings. The maximum atomic E-state index is 9.66. The van der Waals surface area contributed by atoms with Crippen LogP contribution in [0.25, 0.3) is 0 Å². The van der Waals surface area contributed by atoms with Gasteiger partial charge in [-0.15, -0.1) is 0 Å². The van der Waals surface area contributed by atoms with E-state index in [2.05, 4.69) is 6.92 Å². The minimum absolute atomic E-state index is 0.114. The highest BCUT2D eigenvalue weighted by atomic mass is 16.3. The Labute approximate surface area is 68.2 Å². The van der Waals surface area contributed by atoms with Crippen LogP contribution in [0.1, 0.15) is 39.0 Å². The van der Waals surface area contributed by atoms with Gasteiger partial charge >= 0.3 is 0 Å². The minimum atomic E-state index is -0.272. The van der Waals surface area contributed by atoms with Crippen LogP contribution in [0.3, 0.4) is 0 Å². The first-order valence-corrected chi connectivity index (χ1v) is 4.54. The van der Waals surface area contributed by atoms with Crippen molar-refractivity contribution in [2.45, 2.75) is 45.1 Å². The minimum Gasteiger partial charge on any atom is -0.396 e. The standard InChI is InChI=1S/C9H18O2/c1-2-9(5-3-6-9)8(11)4-7-10/h8,10-11H,2-7H2,1H3. The zero-order valence-electron chi connectivity index (χ0n) is 7.21. The maximum absolute atomic E-state index is 9.66. The van der Waals surface area contributed by atoms with Crippen LogP contribution in [0.15, 0.2) is 0 Å². The lowest BCUT2D eigenvalue weighted by Crippen LogP contribution is -2.41. The Morgan fingerprint density at radius 2 is 2.09 bits per heavy atom. The van der Waals surface area contributed by atoms with Crippen LogP contribution in [0.5, 0.6) is 0 Å². The predicted molar refractivity (Wildman–Crippen MR) is 44.3 cm³/mol. The molecular formula is C9H18O2. The molecule has 0 radical (unpaired) electrons. The molecule has 1 saturated carbocycles. The monoisotopic (exact) mass is 158 g/mol. The summed E-state index contributed by atoms with van der Waals surface area (Å²) in [5, 5.41) is 18.3. The molecule has 0 aromatic carbocycles. The van der Waals surface area contributed by atoms with Crippen molar-refractivity contribution in [2.75, 3.05) is 6.61 Å². The molecule has 0 aliphatic heterocycles. The van der Waals surface area contributed by atoms with Gasteiger partial charge in [0.15, 0.2) is 0 Å². The third-order valence-electron chi connectivity index (χ3n) is 3.16. The summed E-state index contributed by atoms with van der Waals surface area (Å²) in [4.78, 5) is 0. The van der Waals surface area contributed by atoms with E-state index in [9.17, 15) is 5.11 Å². The largest absolute Gasteiger partial charge is 0.396 e. The van der Waals surface area contributed by atoms with E-state index < -0.39 is 0 Å². The quantitative estimate of drug-likeness (QED) is 0.647. The molecule has 2 heteroatoms. The number of aliphatic hydroxyl groups excluding tert-OH is 2. The summed E-state index contributed by atoms with van der Waals surface area (Å²) < 4.78 is 0. The Kier molecular flexibility index (Phi) is 2.90. The van der Waals surface area contributed by atoms with E-state index >= 15 is 0 Å². The lowest BCUT2D eigenvalue weighted by molar-refractivity contribution is -0.0487. The van der Waals surface area contributed by atoms with Gasteiger partial charge in [0.2, 0.25) is 0 Å². The fourth-order valence-corrected chi connectivity index (χ4v) is 1.98. The van der Waals surface area contributed by atoms with E-state index in [0.717, 1.165) is 19.3 Å². The van der Waals surface area contributed by atoms with E-state index in [1.807, 2.05) is 0 Å². The normalized spacial score (nSPS) is 24.3. The van der Waals surface area contributed by atoms with Crippen LogP contribution in [0.2, 0.25) is 0 Å². The fraction of sp³-hybridized carbons (Fsp3) is 1.00. The molecular weight excluding hydrogens is 140 g/mol. The van der Waals surface area contributed by atoms with Gasteiger partial charge in [-0.1, -0.05) is 13.3 Å². The molecule has 2 nitrogen and oxygen atoms in total. The highest BCUT2D eigenvalue weighted by Crippen LogP contribution is 2.47. The van der Waals surface area contributed by atoms with E-state index in [1.54, 1.807) is 0 Å². The third-order valence-corrected chi connectivity index (χ3v) is 3.16. The average molecular weight is 158 g/mol. The second-order valence-corrected chi connectivity index (χ2v) is 3.60. The highest BCUT2D eigenvalue weighted by molar-refractivity contribution is 4.92. The first-order chi connectivity index (χ1) is 5.25. The number of hydrogen-bond donors (Lipinski definition) is 2. The van der Waals surface area contributed by atoms with Gasteiger partial charge < -0.3 is 10.2 Å². The smallest absolute Gasteiger partial charge is 0.0618 e. The topological polar surface area (TPSA) is 40.5 Å². The van der Waals surface area contributed by atoms with Gasteiger partial charge in [0.05, 0.1) is 6.10 Å². The van der Waals surface area contributed by atoms with Crippen LogP contribution < -0.4 is 0 Å². The summed E-state index contributed by atoms with van der Waals surface area (Å²) in [6, 6.07) is 0. The Hall–Kier alpha value is -0.0800. The molecule has 0 heterocycles. The van der Waals surface area contributed by atoms with E-state index in [4.69, 9.17) is 5.11 Å². The van der Waals surface area contributed by atoms with Crippen molar-refractivity contribution in [1.29, 1.82) is 0 Å². The predicted octanol–water partition coefficient (Wildman–Crippen LogP) is 1.31. The molecule has 1 unspecified atom stereocenters. The second-order valence-electron chi connectivity index (χ2n) is 3.60. The Morgan fingerprint density at radius 3 is 2.36 bits per heavy atom. The zero-order chi connectivity index (χ0) is 8.32. The van der Waals surface area contributed by atoms with Crippen molar-refractivity contribution in [3.05, 3.63) is 0 Å². The summed E-state index contributed by atoms with van der Waals surface area (Å²) in [5.41, 5.74) is 0.169. The molecule has 2 N–H and O–H groups in total. The van der Waals surface area contributed by atoms with Gasteiger partial charge in [0, 0.05) is 6.61 Å². The first kappa shape index (κ1) is 9.01. The maximum Gasteiger partial charge on any atom is 0.0618 e. The Balaban J connectivity index is 2.40. The average Bonchev–Trinajstić information content (AvgIpc) is 1.87. The third kappa shape index (κ3) is 1.57. The van der Waals surface area contributed by atoms with Crippen molar-refractivity contribution in [1.82, 2.24) is 0 Å². The highest BCUT2D eigenvalue weighted by Gasteiger charge is 2.41. The van der Waals surface area contributed by atoms with Crippen LogP contribution >= 0.6 is 0 Å². The summed E-state index contributed by atoms with van der Waals surface area (Å²) in [7, 11) is 0. The molecule has 0 spiro atoms. The van der Waals surface area contributed by atoms with Gasteiger partial charge in [-0.3, -0.25) is 0 Å². The number of aliphatic hydroxyl groups is 2. The fourth-order valence-electron chi connectivity index (χ4n) is 1.98. The van der Waals surface area contributed by atoms with Gasteiger partial charge in [-0.2, -0.15) is 0 Å². The lowest BCUT2D eigenvalue weighted by Gasteiger charge is -2.45. The molecule has 1 aliphatic carbocycles. The Bertz CT molecular complexity index is 113.